The lowest BCUT2D eigenvalue weighted by atomic mass is 9.96. The molecule has 1 aliphatic rings. The van der Waals surface area contributed by atoms with Gasteiger partial charge in [-0.05, 0) is 19.8 Å². The number of aliphatic hydroxyl groups is 1. The number of hydrogen-bond acceptors (Lipinski definition) is 2. The van der Waals surface area contributed by atoms with Crippen LogP contribution in [0.1, 0.15) is 39.0 Å². The summed E-state index contributed by atoms with van der Waals surface area (Å²) >= 11 is 0. The molecular weight excluding hydrogens is 192 g/mol. The number of aliphatic hydroxyl groups excluding tert-OH is 1. The summed E-state index contributed by atoms with van der Waals surface area (Å²) in [6.45, 7) is 3.04. The topological polar surface area (TPSA) is 52.6 Å². The highest BCUT2D eigenvalue weighted by Crippen LogP contribution is 2.17. The van der Waals surface area contributed by atoms with Gasteiger partial charge in [0.05, 0.1) is 6.61 Å². The van der Waals surface area contributed by atoms with Crippen LogP contribution >= 0.6 is 0 Å². The molecule has 0 aromatic heterocycles. The molecule has 0 saturated heterocycles. The van der Waals surface area contributed by atoms with E-state index in [4.69, 9.17) is 5.11 Å². The molecule has 4 heteroatoms. The van der Waals surface area contributed by atoms with Crippen molar-refractivity contribution in [3.8, 4) is 0 Å². The SMILES string of the molecule is CCN(CCO)C(=O)NC1CCCCC1. The fourth-order valence-corrected chi connectivity index (χ4v) is 2.04. The van der Waals surface area contributed by atoms with Gasteiger partial charge in [0, 0.05) is 19.1 Å². The predicted octanol–water partition coefficient (Wildman–Crippen LogP) is 1.34. The molecule has 0 aliphatic heterocycles. The van der Waals surface area contributed by atoms with Gasteiger partial charge < -0.3 is 15.3 Å². The summed E-state index contributed by atoms with van der Waals surface area (Å²) < 4.78 is 0. The summed E-state index contributed by atoms with van der Waals surface area (Å²) in [6.07, 6.45) is 5.93. The van der Waals surface area contributed by atoms with Crippen LogP contribution in [0.3, 0.4) is 0 Å². The minimum Gasteiger partial charge on any atom is -0.395 e. The van der Waals surface area contributed by atoms with Crippen LogP contribution in [0.25, 0.3) is 0 Å². The second-order valence-electron chi connectivity index (χ2n) is 4.09. The van der Waals surface area contributed by atoms with Crippen LogP contribution in [0, 0.1) is 0 Å². The first-order chi connectivity index (χ1) is 7.27. The standard InChI is InChI=1S/C11H22N2O2/c1-2-13(8-9-14)11(15)12-10-6-4-3-5-7-10/h10,14H,2-9H2,1H3,(H,12,15). The highest BCUT2D eigenvalue weighted by molar-refractivity contribution is 5.74. The van der Waals surface area contributed by atoms with E-state index in [0.717, 1.165) is 12.8 Å². The Kier molecular flexibility index (Phi) is 5.47. The first-order valence-corrected chi connectivity index (χ1v) is 5.94. The molecule has 0 bridgehead atoms. The molecule has 88 valence electrons. The first kappa shape index (κ1) is 12.3. The predicted molar refractivity (Wildman–Crippen MR) is 59.7 cm³/mol. The zero-order valence-corrected chi connectivity index (χ0v) is 9.54. The highest BCUT2D eigenvalue weighted by atomic mass is 16.3. The summed E-state index contributed by atoms with van der Waals surface area (Å²) in [5.74, 6) is 0. The lowest BCUT2D eigenvalue weighted by Crippen LogP contribution is -2.46. The Balaban J connectivity index is 2.31. The molecule has 0 heterocycles. The second-order valence-corrected chi connectivity index (χ2v) is 4.09. The largest absolute Gasteiger partial charge is 0.395 e. The normalized spacial score (nSPS) is 17.5. The number of carbonyl (C=O) groups is 1. The molecule has 1 rings (SSSR count). The monoisotopic (exact) mass is 214 g/mol. The van der Waals surface area contributed by atoms with Crippen molar-refractivity contribution in [1.82, 2.24) is 10.2 Å². The second kappa shape index (κ2) is 6.67. The third kappa shape index (κ3) is 4.08. The van der Waals surface area contributed by atoms with Crippen molar-refractivity contribution in [1.29, 1.82) is 0 Å². The molecule has 0 aromatic rings. The van der Waals surface area contributed by atoms with Crippen LogP contribution in [-0.2, 0) is 0 Å². The lowest BCUT2D eigenvalue weighted by molar-refractivity contribution is 0.174. The highest BCUT2D eigenvalue weighted by Gasteiger charge is 2.18. The maximum Gasteiger partial charge on any atom is 0.317 e. The Morgan fingerprint density at radius 1 is 1.40 bits per heavy atom. The van der Waals surface area contributed by atoms with Gasteiger partial charge in [-0.2, -0.15) is 0 Å². The van der Waals surface area contributed by atoms with E-state index in [-0.39, 0.29) is 12.6 Å². The maximum atomic E-state index is 11.7. The Morgan fingerprint density at radius 3 is 2.60 bits per heavy atom. The molecule has 1 saturated carbocycles. The van der Waals surface area contributed by atoms with E-state index in [0.29, 0.717) is 19.1 Å². The average molecular weight is 214 g/mol. The molecule has 1 aliphatic carbocycles. The van der Waals surface area contributed by atoms with Gasteiger partial charge in [0.25, 0.3) is 0 Å². The third-order valence-electron chi connectivity index (χ3n) is 2.97. The molecule has 2 N–H and O–H groups in total. The minimum atomic E-state index is -0.0292. The summed E-state index contributed by atoms with van der Waals surface area (Å²) in [7, 11) is 0. The molecular formula is C11H22N2O2. The van der Waals surface area contributed by atoms with Crippen molar-refractivity contribution in [3.05, 3.63) is 0 Å². The van der Waals surface area contributed by atoms with Gasteiger partial charge >= 0.3 is 6.03 Å². The zero-order valence-electron chi connectivity index (χ0n) is 9.54. The molecule has 4 nitrogen and oxygen atoms in total. The van der Waals surface area contributed by atoms with Crippen molar-refractivity contribution < 1.29 is 9.90 Å². The Hall–Kier alpha value is -0.770. The first-order valence-electron chi connectivity index (χ1n) is 5.94. The van der Waals surface area contributed by atoms with Crippen LogP contribution in [-0.4, -0.2) is 41.8 Å². The van der Waals surface area contributed by atoms with Crippen molar-refractivity contribution in [2.75, 3.05) is 19.7 Å². The van der Waals surface area contributed by atoms with E-state index in [1.807, 2.05) is 6.92 Å². The summed E-state index contributed by atoms with van der Waals surface area (Å²) in [5, 5.41) is 11.8. The number of nitrogens with one attached hydrogen (secondary N) is 1. The fraction of sp³-hybridized carbons (Fsp3) is 0.909. The van der Waals surface area contributed by atoms with Gasteiger partial charge in [-0.15, -0.1) is 0 Å². The molecule has 0 radical (unpaired) electrons. The van der Waals surface area contributed by atoms with Crippen LogP contribution < -0.4 is 5.32 Å². The Morgan fingerprint density at radius 2 is 2.07 bits per heavy atom. The van der Waals surface area contributed by atoms with Gasteiger partial charge in [-0.3, -0.25) is 0 Å². The third-order valence-corrected chi connectivity index (χ3v) is 2.97. The lowest BCUT2D eigenvalue weighted by Gasteiger charge is -2.27. The summed E-state index contributed by atoms with van der Waals surface area (Å²) in [5.41, 5.74) is 0. The molecule has 0 spiro atoms. The Bertz CT molecular complexity index is 191. The smallest absolute Gasteiger partial charge is 0.317 e. The fourth-order valence-electron chi connectivity index (χ4n) is 2.04. The quantitative estimate of drug-likeness (QED) is 0.742. The van der Waals surface area contributed by atoms with E-state index in [1.54, 1.807) is 4.90 Å². The summed E-state index contributed by atoms with van der Waals surface area (Å²) in [6, 6.07) is 0.317. The van der Waals surface area contributed by atoms with Gasteiger partial charge in [0.2, 0.25) is 0 Å². The van der Waals surface area contributed by atoms with Crippen molar-refractivity contribution in [2.45, 2.75) is 45.1 Å². The zero-order chi connectivity index (χ0) is 11.1. The van der Waals surface area contributed by atoms with Gasteiger partial charge in [-0.1, -0.05) is 19.3 Å². The van der Waals surface area contributed by atoms with Crippen LogP contribution in [0.5, 0.6) is 0 Å². The molecule has 0 aromatic carbocycles. The molecule has 0 unspecified atom stereocenters. The molecule has 0 atom stereocenters. The van der Waals surface area contributed by atoms with E-state index in [2.05, 4.69) is 5.32 Å². The van der Waals surface area contributed by atoms with Crippen LogP contribution in [0.15, 0.2) is 0 Å². The molecule has 1 fully saturated rings. The van der Waals surface area contributed by atoms with Crippen LogP contribution in [0.2, 0.25) is 0 Å². The van der Waals surface area contributed by atoms with Gasteiger partial charge in [0.15, 0.2) is 0 Å². The van der Waals surface area contributed by atoms with Gasteiger partial charge in [-0.25, -0.2) is 4.79 Å². The molecule has 2 amide bonds. The average Bonchev–Trinajstić information content (AvgIpc) is 2.27. The number of urea groups is 1. The van der Waals surface area contributed by atoms with E-state index < -0.39 is 0 Å². The number of rotatable bonds is 4. The van der Waals surface area contributed by atoms with Crippen molar-refractivity contribution in [3.63, 3.8) is 0 Å². The molecule has 15 heavy (non-hydrogen) atoms. The maximum absolute atomic E-state index is 11.7. The number of likely N-dealkylation sites (N-methyl/N-ethyl adjacent to an activating group) is 1. The van der Waals surface area contributed by atoms with Crippen molar-refractivity contribution >= 4 is 6.03 Å². The number of hydrogen-bond donors (Lipinski definition) is 2. The number of amides is 2. The van der Waals surface area contributed by atoms with Crippen LogP contribution in [0.4, 0.5) is 4.79 Å². The van der Waals surface area contributed by atoms with E-state index in [9.17, 15) is 4.79 Å². The van der Waals surface area contributed by atoms with E-state index >= 15 is 0 Å². The summed E-state index contributed by atoms with van der Waals surface area (Å²) in [4.78, 5) is 13.4. The van der Waals surface area contributed by atoms with Gasteiger partial charge in [0.1, 0.15) is 0 Å². The number of carbonyl (C=O) groups excluding carboxylic acids is 1. The Labute approximate surface area is 91.6 Å². The number of nitrogens with zero attached hydrogens (tertiary/aromatic N) is 1. The van der Waals surface area contributed by atoms with Crippen molar-refractivity contribution in [2.24, 2.45) is 0 Å². The van der Waals surface area contributed by atoms with E-state index in [1.165, 1.54) is 19.3 Å². The minimum absolute atomic E-state index is 0.0292.